The van der Waals surface area contributed by atoms with Gasteiger partial charge in [0.05, 0.1) is 6.54 Å². The van der Waals surface area contributed by atoms with Crippen LogP contribution >= 0.6 is 0 Å². The van der Waals surface area contributed by atoms with Gasteiger partial charge >= 0.3 is 0 Å². The number of benzene rings is 1. The van der Waals surface area contributed by atoms with Gasteiger partial charge in [-0.1, -0.05) is 26.0 Å². The van der Waals surface area contributed by atoms with Crippen molar-refractivity contribution in [2.24, 2.45) is 0 Å². The largest absolute Gasteiger partial charge is 0.385 e. The minimum atomic E-state index is -0.469. The maximum atomic E-state index is 12.1. The number of hydrogen-bond donors (Lipinski definition) is 2. The van der Waals surface area contributed by atoms with Gasteiger partial charge in [0.15, 0.2) is 6.29 Å². The molecule has 1 aromatic carbocycles. The van der Waals surface area contributed by atoms with Crippen molar-refractivity contribution in [1.29, 1.82) is 5.26 Å². The second-order valence-corrected chi connectivity index (χ2v) is 5.21. The number of amides is 1. The molecule has 124 valence electrons. The average Bonchev–Trinajstić information content (AvgIpc) is 2.55. The molecule has 0 aliphatic rings. The van der Waals surface area contributed by atoms with Gasteiger partial charge < -0.3 is 20.1 Å². The Kier molecular flexibility index (Phi) is 7.81. The summed E-state index contributed by atoms with van der Waals surface area (Å²) < 4.78 is 10.0. The molecule has 0 aromatic heterocycles. The van der Waals surface area contributed by atoms with Crippen molar-refractivity contribution in [1.82, 2.24) is 5.32 Å². The Hall–Kier alpha value is -2.36. The van der Waals surface area contributed by atoms with Gasteiger partial charge in [-0.2, -0.15) is 5.26 Å². The van der Waals surface area contributed by atoms with Gasteiger partial charge in [0.1, 0.15) is 11.6 Å². The van der Waals surface area contributed by atoms with Gasteiger partial charge in [-0.3, -0.25) is 4.79 Å². The second-order valence-electron chi connectivity index (χ2n) is 5.21. The molecule has 2 N–H and O–H groups in total. The van der Waals surface area contributed by atoms with E-state index < -0.39 is 12.2 Å². The Morgan fingerprint density at radius 3 is 2.35 bits per heavy atom. The van der Waals surface area contributed by atoms with Crippen molar-refractivity contribution in [3.05, 3.63) is 41.6 Å². The monoisotopic (exact) mass is 317 g/mol. The SMILES string of the molecule is COC(CN/C=C(/C#N)C(=O)Nc1ccc(C(C)C)cc1)OC. The van der Waals surface area contributed by atoms with Crippen LogP contribution in [0.15, 0.2) is 36.0 Å². The number of rotatable bonds is 8. The van der Waals surface area contributed by atoms with E-state index in [1.807, 2.05) is 30.3 Å². The van der Waals surface area contributed by atoms with Crippen molar-refractivity contribution >= 4 is 11.6 Å². The van der Waals surface area contributed by atoms with E-state index in [1.54, 1.807) is 0 Å². The van der Waals surface area contributed by atoms with Crippen molar-refractivity contribution in [2.75, 3.05) is 26.1 Å². The van der Waals surface area contributed by atoms with E-state index in [-0.39, 0.29) is 5.57 Å². The maximum Gasteiger partial charge on any atom is 0.267 e. The van der Waals surface area contributed by atoms with Gasteiger partial charge in [-0.15, -0.1) is 0 Å². The Bertz CT molecular complexity index is 570. The van der Waals surface area contributed by atoms with E-state index in [1.165, 1.54) is 26.0 Å². The van der Waals surface area contributed by atoms with E-state index in [0.717, 1.165) is 0 Å². The zero-order chi connectivity index (χ0) is 17.2. The van der Waals surface area contributed by atoms with Crippen LogP contribution in [0, 0.1) is 11.3 Å². The first-order chi connectivity index (χ1) is 11.0. The zero-order valence-electron chi connectivity index (χ0n) is 13.9. The highest BCUT2D eigenvalue weighted by Crippen LogP contribution is 2.17. The molecule has 6 nitrogen and oxygen atoms in total. The molecule has 0 radical (unpaired) electrons. The van der Waals surface area contributed by atoms with Gasteiger partial charge in [-0.25, -0.2) is 0 Å². The molecular formula is C17H23N3O3. The molecular weight excluding hydrogens is 294 g/mol. The lowest BCUT2D eigenvalue weighted by Gasteiger charge is -2.13. The Morgan fingerprint density at radius 2 is 1.87 bits per heavy atom. The number of carbonyl (C=O) groups is 1. The number of nitrogens with one attached hydrogen (secondary N) is 2. The van der Waals surface area contributed by atoms with Gasteiger partial charge in [0.2, 0.25) is 0 Å². The van der Waals surface area contributed by atoms with Crippen molar-refractivity contribution < 1.29 is 14.3 Å². The number of hydrogen-bond acceptors (Lipinski definition) is 5. The molecule has 0 aliphatic carbocycles. The van der Waals surface area contributed by atoms with Gasteiger partial charge in [-0.05, 0) is 23.6 Å². The van der Waals surface area contributed by atoms with Crippen LogP contribution in [0.2, 0.25) is 0 Å². The predicted octanol–water partition coefficient (Wildman–Crippen LogP) is 2.36. The summed E-state index contributed by atoms with van der Waals surface area (Å²) in [5.74, 6) is -0.0447. The van der Waals surface area contributed by atoms with Crippen molar-refractivity contribution in [2.45, 2.75) is 26.1 Å². The van der Waals surface area contributed by atoms with E-state index in [4.69, 9.17) is 14.7 Å². The fourth-order valence-corrected chi connectivity index (χ4v) is 1.82. The van der Waals surface area contributed by atoms with Crippen LogP contribution in [0.25, 0.3) is 0 Å². The highest BCUT2D eigenvalue weighted by Gasteiger charge is 2.10. The third kappa shape index (κ3) is 6.10. The number of nitrogens with zero attached hydrogens (tertiary/aromatic N) is 1. The third-order valence-corrected chi connectivity index (χ3v) is 3.26. The molecule has 0 saturated carbocycles. The number of carbonyl (C=O) groups excluding carboxylic acids is 1. The van der Waals surface area contributed by atoms with Crippen LogP contribution in [0.5, 0.6) is 0 Å². The number of anilines is 1. The zero-order valence-corrected chi connectivity index (χ0v) is 13.9. The lowest BCUT2D eigenvalue weighted by Crippen LogP contribution is -2.27. The van der Waals surface area contributed by atoms with E-state index in [0.29, 0.717) is 18.2 Å². The first kappa shape index (κ1) is 18.7. The molecule has 0 unspecified atom stereocenters. The molecule has 0 fully saturated rings. The smallest absolute Gasteiger partial charge is 0.267 e. The summed E-state index contributed by atoms with van der Waals surface area (Å²) >= 11 is 0. The van der Waals surface area contributed by atoms with Crippen LogP contribution in [0.3, 0.4) is 0 Å². The number of ether oxygens (including phenoxy) is 2. The Balaban J connectivity index is 2.64. The third-order valence-electron chi connectivity index (χ3n) is 3.26. The first-order valence-corrected chi connectivity index (χ1v) is 7.32. The molecule has 0 heterocycles. The molecule has 0 spiro atoms. The summed E-state index contributed by atoms with van der Waals surface area (Å²) in [5, 5.41) is 14.6. The molecule has 6 heteroatoms. The molecule has 0 aliphatic heterocycles. The van der Waals surface area contributed by atoms with E-state index in [2.05, 4.69) is 24.5 Å². The van der Waals surface area contributed by atoms with E-state index in [9.17, 15) is 4.79 Å². The molecule has 1 rings (SSSR count). The maximum absolute atomic E-state index is 12.1. The predicted molar refractivity (Wildman–Crippen MR) is 88.7 cm³/mol. The minimum absolute atomic E-state index is 0.0242. The standard InChI is InChI=1S/C17H23N3O3/c1-12(2)13-5-7-15(8-6-13)20-17(21)14(9-18)10-19-11-16(22-3)23-4/h5-8,10,12,16,19H,11H2,1-4H3,(H,20,21)/b14-10-. The van der Waals surface area contributed by atoms with Crippen molar-refractivity contribution in [3.8, 4) is 6.07 Å². The lowest BCUT2D eigenvalue weighted by molar-refractivity contribution is -0.112. The first-order valence-electron chi connectivity index (χ1n) is 7.32. The van der Waals surface area contributed by atoms with Crippen LogP contribution in [0.1, 0.15) is 25.3 Å². The van der Waals surface area contributed by atoms with Gasteiger partial charge in [0, 0.05) is 26.1 Å². The molecule has 0 saturated heterocycles. The molecule has 1 aromatic rings. The Morgan fingerprint density at radius 1 is 1.26 bits per heavy atom. The molecule has 1 amide bonds. The fraction of sp³-hybridized carbons (Fsp3) is 0.412. The van der Waals surface area contributed by atoms with Gasteiger partial charge in [0.25, 0.3) is 5.91 Å². The minimum Gasteiger partial charge on any atom is -0.385 e. The normalized spacial score (nSPS) is 11.4. The topological polar surface area (TPSA) is 83.4 Å². The summed E-state index contributed by atoms with van der Waals surface area (Å²) in [6.45, 7) is 4.53. The van der Waals surface area contributed by atoms with Crippen LogP contribution in [-0.2, 0) is 14.3 Å². The molecule has 0 atom stereocenters. The summed E-state index contributed by atoms with van der Waals surface area (Å²) in [6.07, 6.45) is 0.904. The number of nitriles is 1. The lowest BCUT2D eigenvalue weighted by atomic mass is 10.0. The van der Waals surface area contributed by atoms with Crippen molar-refractivity contribution in [3.63, 3.8) is 0 Å². The van der Waals surface area contributed by atoms with Crippen LogP contribution < -0.4 is 10.6 Å². The van der Waals surface area contributed by atoms with Crippen LogP contribution in [0.4, 0.5) is 5.69 Å². The summed E-state index contributed by atoms with van der Waals surface area (Å²) in [6, 6.07) is 9.42. The second kappa shape index (κ2) is 9.62. The highest BCUT2D eigenvalue weighted by atomic mass is 16.7. The van der Waals surface area contributed by atoms with E-state index >= 15 is 0 Å². The highest BCUT2D eigenvalue weighted by molar-refractivity contribution is 6.06. The van der Waals surface area contributed by atoms with Crippen LogP contribution in [-0.4, -0.2) is 33.0 Å². The quantitative estimate of drug-likeness (QED) is 0.437. The summed E-state index contributed by atoms with van der Waals surface area (Å²) in [7, 11) is 3.02. The summed E-state index contributed by atoms with van der Waals surface area (Å²) in [4.78, 5) is 12.1. The number of methoxy groups -OCH3 is 2. The Labute approximate surface area is 137 Å². The average molecular weight is 317 g/mol. The molecule has 0 bridgehead atoms. The molecule has 23 heavy (non-hydrogen) atoms. The summed E-state index contributed by atoms with van der Waals surface area (Å²) in [5.41, 5.74) is 1.81. The fourth-order valence-electron chi connectivity index (χ4n) is 1.82.